The highest BCUT2D eigenvalue weighted by molar-refractivity contribution is 5.93. The summed E-state index contributed by atoms with van der Waals surface area (Å²) in [4.78, 5) is 33.9. The van der Waals surface area contributed by atoms with Gasteiger partial charge in [-0.2, -0.15) is 0 Å². The third kappa shape index (κ3) is 3.26. The smallest absolute Gasteiger partial charge is 0.274 e. The molecule has 5 rings (SSSR count). The Kier molecular flexibility index (Phi) is 4.74. The second kappa shape index (κ2) is 7.31. The van der Waals surface area contributed by atoms with Gasteiger partial charge in [0, 0.05) is 43.6 Å². The lowest BCUT2D eigenvalue weighted by Gasteiger charge is -2.38. The van der Waals surface area contributed by atoms with Crippen LogP contribution in [0.4, 0.5) is 5.95 Å². The minimum Gasteiger partial charge on any atom is -0.376 e. The van der Waals surface area contributed by atoms with E-state index in [2.05, 4.69) is 33.7 Å². The number of hydrogen-bond acceptors (Lipinski definition) is 7. The molecule has 1 spiro atoms. The van der Waals surface area contributed by atoms with E-state index in [0.29, 0.717) is 32.0 Å². The number of H-pyrrole nitrogens is 1. The SMILES string of the molecule is Cc1[nH]cnc1C(=O)N1CC[C@@]2(COCc3cnc(N4C[C@@H](C)O[C@@H](C)C4)nc32)C1. The van der Waals surface area contributed by atoms with Gasteiger partial charge in [0.1, 0.15) is 5.69 Å². The van der Waals surface area contributed by atoms with Gasteiger partial charge in [0.05, 0.1) is 42.9 Å². The number of fused-ring (bicyclic) bond motifs is 2. The molecule has 0 bridgehead atoms. The first kappa shape index (κ1) is 19.4. The third-order valence-corrected chi connectivity index (χ3v) is 6.37. The first-order valence-corrected chi connectivity index (χ1v) is 10.6. The largest absolute Gasteiger partial charge is 0.376 e. The van der Waals surface area contributed by atoms with Gasteiger partial charge in [-0.15, -0.1) is 0 Å². The van der Waals surface area contributed by atoms with Crippen molar-refractivity contribution < 1.29 is 14.3 Å². The van der Waals surface area contributed by atoms with Crippen molar-refractivity contribution in [1.82, 2.24) is 24.8 Å². The number of carbonyl (C=O) groups is 1. The van der Waals surface area contributed by atoms with Gasteiger partial charge in [-0.1, -0.05) is 0 Å². The third-order valence-electron chi connectivity index (χ3n) is 6.37. The minimum atomic E-state index is -0.297. The Bertz CT molecular complexity index is 952. The molecular formula is C21H28N6O3. The molecule has 1 N–H and O–H groups in total. The van der Waals surface area contributed by atoms with Crippen molar-refractivity contribution in [2.24, 2.45) is 0 Å². The maximum Gasteiger partial charge on any atom is 0.274 e. The molecule has 2 fully saturated rings. The number of likely N-dealkylation sites (tertiary alicyclic amines) is 1. The summed E-state index contributed by atoms with van der Waals surface area (Å²) in [5.74, 6) is 0.702. The average Bonchev–Trinajstić information content (AvgIpc) is 3.34. The monoisotopic (exact) mass is 412 g/mol. The van der Waals surface area contributed by atoms with Crippen molar-refractivity contribution in [3.63, 3.8) is 0 Å². The maximum absolute atomic E-state index is 13.0. The number of amides is 1. The van der Waals surface area contributed by atoms with Crippen LogP contribution in [0.2, 0.25) is 0 Å². The van der Waals surface area contributed by atoms with Crippen LogP contribution in [0.5, 0.6) is 0 Å². The molecule has 30 heavy (non-hydrogen) atoms. The predicted octanol–water partition coefficient (Wildman–Crippen LogP) is 1.44. The van der Waals surface area contributed by atoms with Crippen LogP contribution in [0.3, 0.4) is 0 Å². The molecule has 3 atom stereocenters. The molecule has 0 aliphatic carbocycles. The topological polar surface area (TPSA) is 96.5 Å². The highest BCUT2D eigenvalue weighted by Crippen LogP contribution is 2.40. The van der Waals surface area contributed by atoms with E-state index in [9.17, 15) is 4.79 Å². The van der Waals surface area contributed by atoms with E-state index in [1.54, 1.807) is 6.33 Å². The van der Waals surface area contributed by atoms with Crippen molar-refractivity contribution >= 4 is 11.9 Å². The van der Waals surface area contributed by atoms with Crippen LogP contribution in [0.1, 0.15) is 47.7 Å². The van der Waals surface area contributed by atoms with E-state index < -0.39 is 0 Å². The van der Waals surface area contributed by atoms with Crippen molar-refractivity contribution in [2.75, 3.05) is 37.7 Å². The average molecular weight is 412 g/mol. The Morgan fingerprint density at radius 2 is 2.07 bits per heavy atom. The molecule has 0 aromatic carbocycles. The number of imidazole rings is 1. The number of rotatable bonds is 2. The van der Waals surface area contributed by atoms with E-state index in [4.69, 9.17) is 14.5 Å². The molecule has 0 radical (unpaired) electrons. The number of hydrogen-bond donors (Lipinski definition) is 1. The summed E-state index contributed by atoms with van der Waals surface area (Å²) in [5, 5.41) is 0. The molecular weight excluding hydrogens is 384 g/mol. The van der Waals surface area contributed by atoms with Crippen LogP contribution in [-0.2, 0) is 21.5 Å². The number of nitrogens with zero attached hydrogens (tertiary/aromatic N) is 5. The fourth-order valence-electron chi connectivity index (χ4n) is 4.96. The van der Waals surface area contributed by atoms with Crippen LogP contribution >= 0.6 is 0 Å². The van der Waals surface area contributed by atoms with E-state index in [-0.39, 0.29) is 23.5 Å². The van der Waals surface area contributed by atoms with Gasteiger partial charge >= 0.3 is 0 Å². The number of anilines is 1. The van der Waals surface area contributed by atoms with Gasteiger partial charge in [0.15, 0.2) is 0 Å². The van der Waals surface area contributed by atoms with E-state index >= 15 is 0 Å². The van der Waals surface area contributed by atoms with Crippen LogP contribution in [0.15, 0.2) is 12.5 Å². The molecule has 0 unspecified atom stereocenters. The maximum atomic E-state index is 13.0. The Labute approximate surface area is 175 Å². The summed E-state index contributed by atoms with van der Waals surface area (Å²) in [5.41, 5.74) is 3.03. The van der Waals surface area contributed by atoms with Crippen molar-refractivity contribution in [3.8, 4) is 0 Å². The normalized spacial score (nSPS) is 28.8. The quantitative estimate of drug-likeness (QED) is 0.797. The zero-order valence-corrected chi connectivity index (χ0v) is 17.7. The molecule has 9 heteroatoms. The first-order valence-electron chi connectivity index (χ1n) is 10.6. The van der Waals surface area contributed by atoms with Gasteiger partial charge in [0.2, 0.25) is 5.95 Å². The minimum absolute atomic E-state index is 0.0390. The molecule has 5 heterocycles. The van der Waals surface area contributed by atoms with Crippen LogP contribution in [0.25, 0.3) is 0 Å². The van der Waals surface area contributed by atoms with Crippen LogP contribution in [0, 0.1) is 6.92 Å². The number of aromatic nitrogens is 4. The molecule has 9 nitrogen and oxygen atoms in total. The van der Waals surface area contributed by atoms with Crippen LogP contribution < -0.4 is 4.90 Å². The Morgan fingerprint density at radius 1 is 1.27 bits per heavy atom. The van der Waals surface area contributed by atoms with Gasteiger partial charge < -0.3 is 24.3 Å². The number of ether oxygens (including phenoxy) is 2. The van der Waals surface area contributed by atoms with Crippen molar-refractivity contribution in [2.45, 2.75) is 51.4 Å². The van der Waals surface area contributed by atoms with Crippen LogP contribution in [-0.4, -0.2) is 75.7 Å². The lowest BCUT2D eigenvalue weighted by molar-refractivity contribution is -0.00584. The van der Waals surface area contributed by atoms with Gasteiger partial charge in [-0.3, -0.25) is 4.79 Å². The number of aromatic amines is 1. The fourth-order valence-corrected chi connectivity index (χ4v) is 4.96. The molecule has 3 aliphatic heterocycles. The Balaban J connectivity index is 1.43. The number of morpholine rings is 1. The number of aryl methyl sites for hydroxylation is 1. The number of nitrogens with one attached hydrogen (secondary N) is 1. The molecule has 2 aromatic rings. The molecule has 1 amide bonds. The summed E-state index contributed by atoms with van der Waals surface area (Å²) >= 11 is 0. The lowest BCUT2D eigenvalue weighted by atomic mass is 9.80. The lowest BCUT2D eigenvalue weighted by Crippen LogP contribution is -2.47. The summed E-state index contributed by atoms with van der Waals surface area (Å²) in [6.07, 6.45) is 4.56. The summed E-state index contributed by atoms with van der Waals surface area (Å²) in [6.45, 7) is 9.90. The summed E-state index contributed by atoms with van der Waals surface area (Å²) in [7, 11) is 0. The Morgan fingerprint density at radius 3 is 2.80 bits per heavy atom. The van der Waals surface area contributed by atoms with Gasteiger partial charge in [-0.25, -0.2) is 15.0 Å². The van der Waals surface area contributed by atoms with Crippen molar-refractivity contribution in [3.05, 3.63) is 35.2 Å². The first-order chi connectivity index (χ1) is 14.4. The van der Waals surface area contributed by atoms with Gasteiger partial charge in [0.25, 0.3) is 5.91 Å². The summed E-state index contributed by atoms with van der Waals surface area (Å²) in [6, 6.07) is 0. The summed E-state index contributed by atoms with van der Waals surface area (Å²) < 4.78 is 11.8. The van der Waals surface area contributed by atoms with E-state index in [0.717, 1.165) is 42.4 Å². The molecule has 3 aliphatic rings. The number of carbonyl (C=O) groups excluding carboxylic acids is 1. The zero-order valence-electron chi connectivity index (χ0n) is 17.7. The standard InChI is InChI=1S/C21H28N6O3/c1-13-7-27(8-14(2)30-13)20-22-6-16-9-29-11-21(18(16)25-20)4-5-26(10-21)19(28)17-15(3)23-12-24-17/h6,12-14H,4-5,7-11H2,1-3H3,(H,23,24)/t13-,14+,21-/m0/s1. The van der Waals surface area contributed by atoms with E-state index in [1.165, 1.54) is 0 Å². The molecule has 2 saturated heterocycles. The second-order valence-corrected chi connectivity index (χ2v) is 8.83. The van der Waals surface area contributed by atoms with Crippen molar-refractivity contribution in [1.29, 1.82) is 0 Å². The Hall–Kier alpha value is -2.52. The van der Waals surface area contributed by atoms with Gasteiger partial charge in [-0.05, 0) is 27.2 Å². The predicted molar refractivity (Wildman–Crippen MR) is 109 cm³/mol. The highest BCUT2D eigenvalue weighted by atomic mass is 16.5. The molecule has 2 aromatic heterocycles. The van der Waals surface area contributed by atoms with E-state index in [1.807, 2.05) is 18.0 Å². The highest BCUT2D eigenvalue weighted by Gasteiger charge is 2.47. The second-order valence-electron chi connectivity index (χ2n) is 8.83. The molecule has 160 valence electrons. The molecule has 0 saturated carbocycles. The fraction of sp³-hybridized carbons (Fsp3) is 0.619. The zero-order chi connectivity index (χ0) is 20.9.